The summed E-state index contributed by atoms with van der Waals surface area (Å²) in [6.45, 7) is 0.207. The first-order chi connectivity index (χ1) is 14.5. The van der Waals surface area contributed by atoms with E-state index in [4.69, 9.17) is 32.7 Å². The van der Waals surface area contributed by atoms with Crippen molar-refractivity contribution in [2.45, 2.75) is 6.61 Å². The number of rotatable bonds is 7. The van der Waals surface area contributed by atoms with Gasteiger partial charge in [0.15, 0.2) is 11.5 Å². The zero-order valence-electron chi connectivity index (χ0n) is 16.0. The molecule has 0 saturated carbocycles. The second-order valence-corrected chi connectivity index (χ2v) is 7.87. The van der Waals surface area contributed by atoms with Crippen molar-refractivity contribution >= 4 is 56.8 Å². The van der Waals surface area contributed by atoms with Crippen molar-refractivity contribution in [2.75, 3.05) is 12.4 Å². The Morgan fingerprint density at radius 3 is 2.47 bits per heavy atom. The van der Waals surface area contributed by atoms with Crippen LogP contribution in [0.15, 0.2) is 71.2 Å². The van der Waals surface area contributed by atoms with Gasteiger partial charge < -0.3 is 14.8 Å². The summed E-state index contributed by atoms with van der Waals surface area (Å²) >= 11 is 15.8. The molecule has 1 amide bonds. The number of nitrogens with one attached hydrogen (secondary N) is 1. The Bertz CT molecular complexity index is 1070. The van der Waals surface area contributed by atoms with Gasteiger partial charge in [-0.2, -0.15) is 0 Å². The third-order valence-electron chi connectivity index (χ3n) is 4.18. The quantitative estimate of drug-likeness (QED) is 0.351. The molecule has 30 heavy (non-hydrogen) atoms. The molecule has 4 nitrogen and oxygen atoms in total. The van der Waals surface area contributed by atoms with Gasteiger partial charge in [0.25, 0.3) is 0 Å². The van der Waals surface area contributed by atoms with Crippen molar-refractivity contribution in [3.05, 3.63) is 92.4 Å². The predicted octanol–water partition coefficient (Wildman–Crippen LogP) is 7.00. The van der Waals surface area contributed by atoms with E-state index in [9.17, 15) is 4.79 Å². The summed E-state index contributed by atoms with van der Waals surface area (Å²) in [4.78, 5) is 12.2. The zero-order chi connectivity index (χ0) is 21.5. The van der Waals surface area contributed by atoms with Gasteiger partial charge in [-0.25, -0.2) is 0 Å². The molecule has 0 unspecified atom stereocenters. The summed E-state index contributed by atoms with van der Waals surface area (Å²) in [7, 11) is 1.55. The highest BCUT2D eigenvalue weighted by Crippen LogP contribution is 2.31. The minimum Gasteiger partial charge on any atom is -0.493 e. The molecule has 3 aromatic rings. The fourth-order valence-corrected chi connectivity index (χ4v) is 3.53. The molecule has 1 N–H and O–H groups in total. The van der Waals surface area contributed by atoms with E-state index in [-0.39, 0.29) is 12.5 Å². The van der Waals surface area contributed by atoms with Crippen LogP contribution in [0.4, 0.5) is 5.69 Å². The van der Waals surface area contributed by atoms with Crippen LogP contribution in [0.2, 0.25) is 10.0 Å². The molecule has 0 saturated heterocycles. The molecule has 154 valence electrons. The molecule has 7 heteroatoms. The topological polar surface area (TPSA) is 47.6 Å². The lowest BCUT2D eigenvalue weighted by Crippen LogP contribution is -2.08. The Morgan fingerprint density at radius 2 is 1.77 bits per heavy atom. The number of amides is 1. The average molecular weight is 507 g/mol. The fourth-order valence-electron chi connectivity index (χ4n) is 2.64. The Hall–Kier alpha value is -2.47. The number of halogens is 3. The number of para-hydroxylation sites is 1. The van der Waals surface area contributed by atoms with Crippen molar-refractivity contribution in [3.8, 4) is 11.5 Å². The van der Waals surface area contributed by atoms with E-state index in [0.29, 0.717) is 32.8 Å². The Labute approximate surface area is 193 Å². The van der Waals surface area contributed by atoms with Crippen LogP contribution < -0.4 is 14.8 Å². The number of carbonyl (C=O) groups excluding carboxylic acids is 1. The Kier molecular flexibility index (Phi) is 7.80. The normalized spacial score (nSPS) is 10.8. The molecule has 0 heterocycles. The summed E-state index contributed by atoms with van der Waals surface area (Å²) in [5.41, 5.74) is 2.19. The highest BCUT2D eigenvalue weighted by Gasteiger charge is 2.10. The Morgan fingerprint density at radius 1 is 1.03 bits per heavy atom. The van der Waals surface area contributed by atoms with E-state index in [1.54, 1.807) is 43.5 Å². The maximum absolute atomic E-state index is 12.2. The SMILES string of the molecule is COc1cc(/C=C/C(=O)Nc2ccccc2Br)ccc1OCc1c(Cl)cccc1Cl. The molecule has 0 fully saturated rings. The summed E-state index contributed by atoms with van der Waals surface area (Å²) in [6, 6.07) is 18.1. The lowest BCUT2D eigenvalue weighted by Gasteiger charge is -2.13. The van der Waals surface area contributed by atoms with E-state index in [2.05, 4.69) is 21.2 Å². The maximum Gasteiger partial charge on any atom is 0.248 e. The van der Waals surface area contributed by atoms with Gasteiger partial charge in [0.1, 0.15) is 6.61 Å². The number of carbonyl (C=O) groups is 1. The smallest absolute Gasteiger partial charge is 0.248 e. The molecular formula is C23H18BrCl2NO3. The van der Waals surface area contributed by atoms with Gasteiger partial charge in [-0.1, -0.05) is 47.5 Å². The number of benzene rings is 3. The third-order valence-corrected chi connectivity index (χ3v) is 5.58. The molecule has 3 rings (SSSR count). The molecular weight excluding hydrogens is 489 g/mol. The predicted molar refractivity (Wildman–Crippen MR) is 126 cm³/mol. The van der Waals surface area contributed by atoms with Crippen molar-refractivity contribution < 1.29 is 14.3 Å². The largest absolute Gasteiger partial charge is 0.493 e. The van der Waals surface area contributed by atoms with Gasteiger partial charge >= 0.3 is 0 Å². The van der Waals surface area contributed by atoms with E-state index in [1.165, 1.54) is 6.08 Å². The van der Waals surface area contributed by atoms with E-state index in [1.807, 2.05) is 30.3 Å². The summed E-state index contributed by atoms with van der Waals surface area (Å²) in [5.74, 6) is 0.837. The lowest BCUT2D eigenvalue weighted by molar-refractivity contribution is -0.111. The zero-order valence-corrected chi connectivity index (χ0v) is 19.1. The lowest BCUT2D eigenvalue weighted by atomic mass is 10.2. The molecule has 0 aliphatic rings. The molecule has 0 spiro atoms. The standard InChI is InChI=1S/C23H18BrCl2NO3/c1-29-22-13-15(10-12-23(28)27-20-8-3-2-5-17(20)24)9-11-21(22)30-14-16-18(25)6-4-7-19(16)26/h2-13H,14H2,1H3,(H,27,28)/b12-10+. The number of hydrogen-bond donors (Lipinski definition) is 1. The van der Waals surface area contributed by atoms with E-state index in [0.717, 1.165) is 10.0 Å². The summed E-state index contributed by atoms with van der Waals surface area (Å²) in [5, 5.41) is 3.89. The van der Waals surface area contributed by atoms with Crippen molar-refractivity contribution in [3.63, 3.8) is 0 Å². The molecule has 0 atom stereocenters. The number of hydrogen-bond acceptors (Lipinski definition) is 3. The molecule has 0 aliphatic carbocycles. The second kappa shape index (κ2) is 10.5. The summed E-state index contributed by atoms with van der Waals surface area (Å²) in [6.07, 6.45) is 3.15. The van der Waals surface area contributed by atoms with Gasteiger partial charge in [0.05, 0.1) is 12.8 Å². The van der Waals surface area contributed by atoms with Gasteiger partial charge in [0, 0.05) is 26.2 Å². The third kappa shape index (κ3) is 5.79. The van der Waals surface area contributed by atoms with Crippen molar-refractivity contribution in [2.24, 2.45) is 0 Å². The molecule has 0 radical (unpaired) electrons. The maximum atomic E-state index is 12.2. The molecule has 0 aliphatic heterocycles. The van der Waals surface area contributed by atoms with Crippen LogP contribution in [-0.2, 0) is 11.4 Å². The number of ether oxygens (including phenoxy) is 2. The van der Waals surface area contributed by atoms with Gasteiger partial charge in [-0.3, -0.25) is 4.79 Å². The van der Waals surface area contributed by atoms with E-state index < -0.39 is 0 Å². The van der Waals surface area contributed by atoms with E-state index >= 15 is 0 Å². The van der Waals surface area contributed by atoms with Gasteiger partial charge in [-0.15, -0.1) is 0 Å². The number of anilines is 1. The van der Waals surface area contributed by atoms with Crippen LogP contribution >= 0.6 is 39.1 Å². The highest BCUT2D eigenvalue weighted by molar-refractivity contribution is 9.10. The first kappa shape index (κ1) is 22.2. The van der Waals surface area contributed by atoms with Crippen LogP contribution in [-0.4, -0.2) is 13.0 Å². The fraction of sp³-hybridized carbons (Fsp3) is 0.0870. The minimum atomic E-state index is -0.241. The molecule has 0 aromatic heterocycles. The van der Waals surface area contributed by atoms with Crippen LogP contribution in [0, 0.1) is 0 Å². The highest BCUT2D eigenvalue weighted by atomic mass is 79.9. The van der Waals surface area contributed by atoms with Crippen molar-refractivity contribution in [1.82, 2.24) is 0 Å². The van der Waals surface area contributed by atoms with Gasteiger partial charge in [-0.05, 0) is 64.0 Å². The minimum absolute atomic E-state index is 0.207. The molecule has 3 aromatic carbocycles. The van der Waals surface area contributed by atoms with Gasteiger partial charge in [0.2, 0.25) is 5.91 Å². The monoisotopic (exact) mass is 505 g/mol. The molecule has 0 bridgehead atoms. The van der Waals surface area contributed by atoms with Crippen LogP contribution in [0.5, 0.6) is 11.5 Å². The van der Waals surface area contributed by atoms with Crippen LogP contribution in [0.3, 0.4) is 0 Å². The first-order valence-electron chi connectivity index (χ1n) is 8.95. The second-order valence-electron chi connectivity index (χ2n) is 6.20. The van der Waals surface area contributed by atoms with Crippen LogP contribution in [0.1, 0.15) is 11.1 Å². The first-order valence-corrected chi connectivity index (χ1v) is 10.5. The van der Waals surface area contributed by atoms with Crippen molar-refractivity contribution in [1.29, 1.82) is 0 Å². The van der Waals surface area contributed by atoms with Crippen LogP contribution in [0.25, 0.3) is 6.08 Å². The summed E-state index contributed by atoms with van der Waals surface area (Å²) < 4.78 is 12.1. The average Bonchev–Trinajstić information content (AvgIpc) is 2.74. The number of methoxy groups -OCH3 is 1. The Balaban J connectivity index is 1.68.